The first-order valence-corrected chi connectivity index (χ1v) is 6.55. The number of aliphatic imine (C=N–C) groups is 1. The molecule has 1 unspecified atom stereocenters. The first kappa shape index (κ1) is 15.0. The molecule has 21 heavy (non-hydrogen) atoms. The number of rotatable bonds is 5. The van der Waals surface area contributed by atoms with E-state index < -0.39 is 11.5 Å². The molecule has 1 aliphatic rings. The summed E-state index contributed by atoms with van der Waals surface area (Å²) in [6.07, 6.45) is 1.53. The highest BCUT2D eigenvalue weighted by atomic mass is 16.5. The van der Waals surface area contributed by atoms with Gasteiger partial charge in [-0.15, -0.1) is 0 Å². The number of allylic oxidation sites excluding steroid dienone is 1. The lowest BCUT2D eigenvalue weighted by Gasteiger charge is -2.20. The van der Waals surface area contributed by atoms with Crippen molar-refractivity contribution in [3.8, 4) is 5.75 Å². The predicted molar refractivity (Wildman–Crippen MR) is 79.2 cm³/mol. The molecule has 0 radical (unpaired) electrons. The smallest absolute Gasteiger partial charge is 0.306 e. The van der Waals surface area contributed by atoms with Gasteiger partial charge in [0.1, 0.15) is 11.5 Å². The highest BCUT2D eigenvalue weighted by Crippen LogP contribution is 2.31. The molecular weight excluding hydrogens is 270 g/mol. The van der Waals surface area contributed by atoms with Crippen molar-refractivity contribution in [1.82, 2.24) is 0 Å². The fraction of sp³-hybridized carbons (Fsp3) is 0.312. The summed E-state index contributed by atoms with van der Waals surface area (Å²) >= 11 is 0. The van der Waals surface area contributed by atoms with Gasteiger partial charge < -0.3 is 9.84 Å². The normalized spacial score (nSPS) is 20.7. The molecule has 0 aromatic heterocycles. The Bertz CT molecular complexity index is 643. The number of Topliss-reactive ketones (excluding diaryl/α,β-unsaturated/α-hetero) is 1. The van der Waals surface area contributed by atoms with Crippen LogP contribution in [0.3, 0.4) is 0 Å². The van der Waals surface area contributed by atoms with Gasteiger partial charge in [-0.25, -0.2) is 0 Å². The van der Waals surface area contributed by atoms with Crippen molar-refractivity contribution in [3.63, 3.8) is 0 Å². The Hall–Kier alpha value is -2.43. The van der Waals surface area contributed by atoms with Crippen molar-refractivity contribution in [2.45, 2.75) is 25.8 Å². The Balaban J connectivity index is 2.27. The molecule has 1 aliphatic heterocycles. The Labute approximate surface area is 123 Å². The zero-order valence-corrected chi connectivity index (χ0v) is 12.2. The van der Waals surface area contributed by atoms with Crippen LogP contribution in [0.1, 0.15) is 30.6 Å². The average Bonchev–Trinajstić information content (AvgIpc) is 2.73. The SMILES string of the molecule is COc1ccc(C(=O)C2=NC(C)(CC(=O)O)C(C)=C2)cc1. The summed E-state index contributed by atoms with van der Waals surface area (Å²) in [6.45, 7) is 3.52. The predicted octanol–water partition coefficient (Wildman–Crippen LogP) is 2.51. The van der Waals surface area contributed by atoms with Crippen LogP contribution < -0.4 is 4.74 Å². The van der Waals surface area contributed by atoms with Crippen LogP contribution in [-0.4, -0.2) is 35.2 Å². The van der Waals surface area contributed by atoms with Crippen LogP contribution in [0.15, 0.2) is 40.9 Å². The zero-order chi connectivity index (χ0) is 15.6. The number of carboxylic acids is 1. The van der Waals surface area contributed by atoms with Gasteiger partial charge in [0.25, 0.3) is 0 Å². The van der Waals surface area contributed by atoms with Gasteiger partial charge in [-0.2, -0.15) is 0 Å². The fourth-order valence-electron chi connectivity index (χ4n) is 2.23. The van der Waals surface area contributed by atoms with E-state index in [4.69, 9.17) is 9.84 Å². The Morgan fingerprint density at radius 3 is 2.43 bits per heavy atom. The van der Waals surface area contributed by atoms with E-state index in [-0.39, 0.29) is 12.2 Å². The number of carboxylic acid groups (broad SMARTS) is 1. The zero-order valence-electron chi connectivity index (χ0n) is 12.2. The molecule has 1 N–H and O–H groups in total. The number of ketones is 1. The van der Waals surface area contributed by atoms with Gasteiger partial charge >= 0.3 is 5.97 Å². The molecule has 0 spiro atoms. The molecule has 0 amide bonds. The number of aliphatic carboxylic acids is 1. The second-order valence-electron chi connectivity index (χ2n) is 5.23. The third kappa shape index (κ3) is 3.02. The Kier molecular flexibility index (Phi) is 3.93. The second-order valence-corrected chi connectivity index (χ2v) is 5.23. The third-order valence-corrected chi connectivity index (χ3v) is 3.65. The number of benzene rings is 1. The molecule has 5 heteroatoms. The molecule has 0 aliphatic carbocycles. The molecule has 1 aromatic rings. The number of nitrogens with zero attached hydrogens (tertiary/aromatic N) is 1. The van der Waals surface area contributed by atoms with Crippen molar-refractivity contribution < 1.29 is 19.4 Å². The van der Waals surface area contributed by atoms with Gasteiger partial charge in [0.05, 0.1) is 19.1 Å². The van der Waals surface area contributed by atoms with E-state index in [2.05, 4.69) is 4.99 Å². The number of carbonyl (C=O) groups is 2. The van der Waals surface area contributed by atoms with E-state index in [1.165, 1.54) is 0 Å². The molecule has 1 heterocycles. The van der Waals surface area contributed by atoms with E-state index in [9.17, 15) is 9.59 Å². The second kappa shape index (κ2) is 5.52. The summed E-state index contributed by atoms with van der Waals surface area (Å²) in [4.78, 5) is 27.7. The number of hydrogen-bond acceptors (Lipinski definition) is 4. The lowest BCUT2D eigenvalue weighted by atomic mass is 9.92. The van der Waals surface area contributed by atoms with Crippen LogP contribution in [0.5, 0.6) is 5.75 Å². The van der Waals surface area contributed by atoms with Crippen molar-refractivity contribution >= 4 is 17.5 Å². The van der Waals surface area contributed by atoms with Crippen LogP contribution in [0.4, 0.5) is 0 Å². The highest BCUT2D eigenvalue weighted by molar-refractivity contribution is 6.50. The van der Waals surface area contributed by atoms with Gasteiger partial charge in [0.15, 0.2) is 0 Å². The molecule has 110 valence electrons. The van der Waals surface area contributed by atoms with Gasteiger partial charge in [0.2, 0.25) is 5.78 Å². The van der Waals surface area contributed by atoms with Gasteiger partial charge in [0, 0.05) is 5.56 Å². The van der Waals surface area contributed by atoms with Crippen LogP contribution in [0.25, 0.3) is 0 Å². The van der Waals surface area contributed by atoms with Crippen molar-refractivity contribution in [3.05, 3.63) is 41.5 Å². The summed E-state index contributed by atoms with van der Waals surface area (Å²) < 4.78 is 5.05. The largest absolute Gasteiger partial charge is 0.497 e. The molecule has 0 bridgehead atoms. The van der Waals surface area contributed by atoms with Crippen molar-refractivity contribution in [2.24, 2.45) is 4.99 Å². The van der Waals surface area contributed by atoms with E-state index in [1.54, 1.807) is 51.3 Å². The summed E-state index contributed by atoms with van der Waals surface area (Å²) in [6, 6.07) is 6.74. The first-order valence-electron chi connectivity index (χ1n) is 6.55. The molecule has 0 saturated carbocycles. The third-order valence-electron chi connectivity index (χ3n) is 3.65. The van der Waals surface area contributed by atoms with E-state index in [0.717, 1.165) is 5.57 Å². The quantitative estimate of drug-likeness (QED) is 0.844. The van der Waals surface area contributed by atoms with Crippen LogP contribution in [0.2, 0.25) is 0 Å². The minimum Gasteiger partial charge on any atom is -0.497 e. The van der Waals surface area contributed by atoms with E-state index >= 15 is 0 Å². The van der Waals surface area contributed by atoms with Gasteiger partial charge in [-0.3, -0.25) is 14.6 Å². The number of ether oxygens (including phenoxy) is 1. The highest BCUT2D eigenvalue weighted by Gasteiger charge is 2.35. The minimum atomic E-state index is -0.938. The van der Waals surface area contributed by atoms with E-state index in [1.807, 2.05) is 0 Å². The van der Waals surface area contributed by atoms with Gasteiger partial charge in [-0.05, 0) is 49.8 Å². The lowest BCUT2D eigenvalue weighted by molar-refractivity contribution is -0.137. The van der Waals surface area contributed by atoms with Crippen molar-refractivity contribution in [1.29, 1.82) is 0 Å². The van der Waals surface area contributed by atoms with Crippen LogP contribution in [-0.2, 0) is 4.79 Å². The van der Waals surface area contributed by atoms with Gasteiger partial charge in [-0.1, -0.05) is 0 Å². The maximum Gasteiger partial charge on any atom is 0.306 e. The number of hydrogen-bond donors (Lipinski definition) is 1. The fourth-order valence-corrected chi connectivity index (χ4v) is 2.23. The maximum absolute atomic E-state index is 12.4. The van der Waals surface area contributed by atoms with Crippen molar-refractivity contribution in [2.75, 3.05) is 7.11 Å². The number of carbonyl (C=O) groups excluding carboxylic acids is 1. The summed E-state index contributed by atoms with van der Waals surface area (Å²) in [5.41, 5.74) is 0.727. The Morgan fingerprint density at radius 2 is 1.90 bits per heavy atom. The lowest BCUT2D eigenvalue weighted by Crippen LogP contribution is -2.25. The van der Waals surface area contributed by atoms with Crippen LogP contribution >= 0.6 is 0 Å². The summed E-state index contributed by atoms with van der Waals surface area (Å²) in [7, 11) is 1.56. The average molecular weight is 287 g/mol. The standard InChI is InChI=1S/C16H17NO4/c1-10-8-13(17-16(10,2)9-14(18)19)15(20)11-4-6-12(21-3)7-5-11/h4-8H,9H2,1-3H3,(H,18,19). The number of methoxy groups -OCH3 is 1. The topological polar surface area (TPSA) is 76.0 Å². The summed E-state index contributed by atoms with van der Waals surface area (Å²) in [5, 5.41) is 8.96. The van der Waals surface area contributed by atoms with Crippen LogP contribution in [0, 0.1) is 0 Å². The molecule has 1 atom stereocenters. The molecule has 1 aromatic carbocycles. The molecule has 0 saturated heterocycles. The molecular formula is C16H17NO4. The Morgan fingerprint density at radius 1 is 1.29 bits per heavy atom. The first-order chi connectivity index (χ1) is 9.85. The monoisotopic (exact) mass is 287 g/mol. The summed E-state index contributed by atoms with van der Waals surface area (Å²) in [5.74, 6) is -0.486. The van der Waals surface area contributed by atoms with E-state index in [0.29, 0.717) is 17.0 Å². The molecule has 2 rings (SSSR count). The molecule has 0 fully saturated rings. The minimum absolute atomic E-state index is 0.130. The maximum atomic E-state index is 12.4. The molecule has 5 nitrogen and oxygen atoms in total.